The first kappa shape index (κ1) is 34.0. The van der Waals surface area contributed by atoms with Crippen LogP contribution in [0.3, 0.4) is 0 Å². The molecular formula is C29H25F9N6O2S. The molecule has 1 aliphatic rings. The number of thiophene rings is 1. The summed E-state index contributed by atoms with van der Waals surface area (Å²) in [7, 11) is 1.40. The number of aromatic carboxylic acids is 1. The van der Waals surface area contributed by atoms with Gasteiger partial charge in [-0.05, 0) is 78.1 Å². The number of hydrogen-bond donors (Lipinski definition) is 1. The lowest BCUT2D eigenvalue weighted by atomic mass is 9.94. The molecule has 2 aromatic carbocycles. The van der Waals surface area contributed by atoms with Crippen molar-refractivity contribution in [2.75, 3.05) is 16.3 Å². The van der Waals surface area contributed by atoms with Gasteiger partial charge in [-0.3, -0.25) is 0 Å². The molecule has 0 fully saturated rings. The number of alkyl halides is 9. The Kier molecular flexibility index (Phi) is 8.93. The molecule has 1 N–H and O–H groups in total. The number of nitrogens with zero attached hydrogens (tertiary/aromatic N) is 6. The first-order valence-electron chi connectivity index (χ1n) is 13.9. The van der Waals surface area contributed by atoms with Crippen molar-refractivity contribution >= 4 is 28.9 Å². The maximum Gasteiger partial charge on any atom is 0.416 e. The van der Waals surface area contributed by atoms with Gasteiger partial charge in [0.05, 0.1) is 36.3 Å². The van der Waals surface area contributed by atoms with E-state index in [0.29, 0.717) is 29.0 Å². The van der Waals surface area contributed by atoms with Crippen LogP contribution in [0.4, 0.5) is 51.1 Å². The molecule has 47 heavy (non-hydrogen) atoms. The molecule has 1 unspecified atom stereocenters. The lowest BCUT2D eigenvalue weighted by Crippen LogP contribution is -2.30. The third-order valence-electron chi connectivity index (χ3n) is 7.63. The van der Waals surface area contributed by atoms with Crippen molar-refractivity contribution < 1.29 is 49.4 Å². The van der Waals surface area contributed by atoms with Gasteiger partial charge in [-0.1, -0.05) is 11.2 Å². The minimum absolute atomic E-state index is 0.00953. The quantitative estimate of drug-likeness (QED) is 0.197. The van der Waals surface area contributed by atoms with E-state index in [1.807, 2.05) is 0 Å². The number of benzene rings is 2. The fourth-order valence-corrected chi connectivity index (χ4v) is 6.45. The predicted octanol–water partition coefficient (Wildman–Crippen LogP) is 7.88. The minimum Gasteiger partial charge on any atom is -0.477 e. The summed E-state index contributed by atoms with van der Waals surface area (Å²) in [6.07, 6.45) is -14.4. The van der Waals surface area contributed by atoms with Crippen LogP contribution in [0.2, 0.25) is 0 Å². The molecule has 0 spiro atoms. The second-order valence-corrected chi connectivity index (χ2v) is 12.2. The summed E-state index contributed by atoms with van der Waals surface area (Å²) in [6.45, 7) is 0.925. The number of aryl methyl sites for hydroxylation is 2. The fraction of sp³-hybridized carbons (Fsp3) is 0.379. The Labute approximate surface area is 265 Å². The molecule has 1 aliphatic heterocycles. The Morgan fingerprint density at radius 1 is 0.979 bits per heavy atom. The highest BCUT2D eigenvalue weighted by atomic mass is 32.1. The largest absolute Gasteiger partial charge is 0.477 e. The van der Waals surface area contributed by atoms with Crippen LogP contribution in [0.1, 0.15) is 66.8 Å². The van der Waals surface area contributed by atoms with Crippen LogP contribution in [-0.2, 0) is 38.7 Å². The van der Waals surface area contributed by atoms with Crippen LogP contribution in [0, 0.1) is 6.92 Å². The van der Waals surface area contributed by atoms with E-state index in [1.165, 1.54) is 31.0 Å². The van der Waals surface area contributed by atoms with Crippen molar-refractivity contribution in [2.24, 2.45) is 7.05 Å². The van der Waals surface area contributed by atoms with Gasteiger partial charge in [0.25, 0.3) is 5.95 Å². The molecule has 2 aromatic heterocycles. The van der Waals surface area contributed by atoms with E-state index in [4.69, 9.17) is 0 Å². The normalized spacial score (nSPS) is 15.8. The van der Waals surface area contributed by atoms with Gasteiger partial charge in [-0.15, -0.1) is 16.4 Å². The zero-order valence-corrected chi connectivity index (χ0v) is 25.3. The van der Waals surface area contributed by atoms with E-state index in [9.17, 15) is 49.4 Å². The molecule has 0 saturated heterocycles. The zero-order valence-electron chi connectivity index (χ0n) is 24.5. The molecule has 3 heterocycles. The van der Waals surface area contributed by atoms with Crippen LogP contribution < -0.4 is 9.80 Å². The Morgan fingerprint density at radius 2 is 1.64 bits per heavy atom. The number of halogens is 9. The first-order valence-corrected chi connectivity index (χ1v) is 14.7. The molecule has 1 atom stereocenters. The summed E-state index contributed by atoms with van der Waals surface area (Å²) in [5.41, 5.74) is -4.10. The van der Waals surface area contributed by atoms with Gasteiger partial charge in [-0.25, -0.2) is 4.79 Å². The second kappa shape index (κ2) is 12.4. The maximum atomic E-state index is 14.1. The van der Waals surface area contributed by atoms with Crippen molar-refractivity contribution in [1.82, 2.24) is 20.2 Å². The molecule has 0 bridgehead atoms. The number of anilines is 2. The summed E-state index contributed by atoms with van der Waals surface area (Å²) < 4.78 is 125. The Balaban J connectivity index is 1.66. The molecular weight excluding hydrogens is 667 g/mol. The number of hydrogen-bond acceptors (Lipinski definition) is 7. The highest BCUT2D eigenvalue weighted by Gasteiger charge is 2.39. The third kappa shape index (κ3) is 7.47. The number of aromatic nitrogens is 4. The number of rotatable bonds is 7. The molecule has 4 aromatic rings. The molecule has 0 amide bonds. The van der Waals surface area contributed by atoms with Gasteiger partial charge in [0.15, 0.2) is 0 Å². The number of carboxylic acids is 1. The van der Waals surface area contributed by atoms with Crippen LogP contribution >= 0.6 is 11.3 Å². The predicted molar refractivity (Wildman–Crippen MR) is 152 cm³/mol. The Morgan fingerprint density at radius 3 is 2.17 bits per heavy atom. The van der Waals surface area contributed by atoms with E-state index < -0.39 is 53.8 Å². The van der Waals surface area contributed by atoms with Crippen molar-refractivity contribution in [3.05, 3.63) is 85.6 Å². The summed E-state index contributed by atoms with van der Waals surface area (Å²) in [5, 5.41) is 21.2. The van der Waals surface area contributed by atoms with Gasteiger partial charge >= 0.3 is 24.5 Å². The second-order valence-electron chi connectivity index (χ2n) is 11.0. The van der Waals surface area contributed by atoms with Crippen LogP contribution in [0.15, 0.2) is 42.5 Å². The molecule has 0 saturated carbocycles. The van der Waals surface area contributed by atoms with E-state index in [2.05, 4.69) is 15.4 Å². The standard InChI is InChI=1S/C29H25F9N6O2S/c1-15-8-20-22(4-3-7-43(23(20)12-21(15)29(36,37)38)14-19-5-6-24(47-19)25(45)46)44(26-39-41-42(2)40-26)13-16-9-17(27(30,31)32)11-18(10-16)28(33,34)35/h5-6,8-12,22H,3-4,7,13-14H2,1-2H3,(H,45,46). The fourth-order valence-electron chi connectivity index (χ4n) is 5.59. The zero-order chi connectivity index (χ0) is 34.5. The maximum absolute atomic E-state index is 14.1. The highest BCUT2D eigenvalue weighted by Crippen LogP contribution is 2.45. The van der Waals surface area contributed by atoms with Crippen LogP contribution in [0.25, 0.3) is 0 Å². The monoisotopic (exact) mass is 692 g/mol. The van der Waals surface area contributed by atoms with Gasteiger partial charge in [-0.2, -0.15) is 44.3 Å². The topological polar surface area (TPSA) is 87.4 Å². The lowest BCUT2D eigenvalue weighted by molar-refractivity contribution is -0.143. The van der Waals surface area contributed by atoms with Gasteiger partial charge in [0.1, 0.15) is 4.88 Å². The molecule has 252 valence electrons. The Bertz CT molecular complexity index is 1750. The van der Waals surface area contributed by atoms with E-state index in [-0.39, 0.29) is 53.2 Å². The summed E-state index contributed by atoms with van der Waals surface area (Å²) in [6, 6.07) is 5.45. The minimum atomic E-state index is -5.10. The number of fused-ring (bicyclic) bond motifs is 1. The number of carboxylic acid groups (broad SMARTS) is 1. The molecule has 18 heteroatoms. The van der Waals surface area contributed by atoms with Gasteiger partial charge in [0, 0.05) is 23.7 Å². The SMILES string of the molecule is Cc1cc2c(cc1C(F)(F)F)N(Cc1ccc(C(=O)O)s1)CCCC2N(Cc1cc(C(F)(F)F)cc(C(F)(F)F)c1)c1nnn(C)n1. The van der Waals surface area contributed by atoms with E-state index in [0.717, 1.165) is 22.2 Å². The van der Waals surface area contributed by atoms with Crippen molar-refractivity contribution in [3.8, 4) is 0 Å². The lowest BCUT2D eigenvalue weighted by Gasteiger charge is -2.33. The highest BCUT2D eigenvalue weighted by molar-refractivity contribution is 7.13. The number of carbonyl (C=O) groups is 1. The average molecular weight is 693 g/mol. The van der Waals surface area contributed by atoms with Crippen molar-refractivity contribution in [3.63, 3.8) is 0 Å². The molecule has 0 aliphatic carbocycles. The van der Waals surface area contributed by atoms with E-state index >= 15 is 0 Å². The Hall–Kier alpha value is -4.35. The molecule has 0 radical (unpaired) electrons. The van der Waals surface area contributed by atoms with E-state index in [1.54, 1.807) is 11.0 Å². The third-order valence-corrected chi connectivity index (χ3v) is 8.69. The van der Waals surface area contributed by atoms with Gasteiger partial charge < -0.3 is 14.9 Å². The summed E-state index contributed by atoms with van der Waals surface area (Å²) >= 11 is 0.955. The van der Waals surface area contributed by atoms with Crippen molar-refractivity contribution in [2.45, 2.75) is 57.4 Å². The van der Waals surface area contributed by atoms with Gasteiger partial charge in [0.2, 0.25) is 0 Å². The summed E-state index contributed by atoms with van der Waals surface area (Å²) in [5.74, 6) is -1.33. The van der Waals surface area contributed by atoms with Crippen LogP contribution in [0.5, 0.6) is 0 Å². The molecule has 5 rings (SSSR count). The van der Waals surface area contributed by atoms with Crippen LogP contribution in [-0.4, -0.2) is 37.8 Å². The smallest absolute Gasteiger partial charge is 0.416 e. The number of tetrazole rings is 1. The van der Waals surface area contributed by atoms with Crippen molar-refractivity contribution in [1.29, 1.82) is 0 Å². The first-order chi connectivity index (χ1) is 21.8. The molecule has 8 nitrogen and oxygen atoms in total. The summed E-state index contributed by atoms with van der Waals surface area (Å²) in [4.78, 5) is 16.0. The average Bonchev–Trinajstić information content (AvgIpc) is 3.57.